The summed E-state index contributed by atoms with van der Waals surface area (Å²) in [5, 5.41) is 26.9. The molecule has 5 aromatic heterocycles. The van der Waals surface area contributed by atoms with Crippen LogP contribution in [0.1, 0.15) is 5.82 Å². The van der Waals surface area contributed by atoms with Crippen LogP contribution in [0, 0.1) is 0 Å². The molecule has 0 spiro atoms. The number of benzene rings is 17. The van der Waals surface area contributed by atoms with E-state index in [4.69, 9.17) is 19.9 Å². The van der Waals surface area contributed by atoms with E-state index in [0.29, 0.717) is 29.5 Å². The minimum absolute atomic E-state index is 0. The normalized spacial score (nSPS) is 11.4. The molecule has 522 valence electrons. The Kier molecular flexibility index (Phi) is 17.9. The number of para-hydroxylation sites is 7. The van der Waals surface area contributed by atoms with Crippen molar-refractivity contribution in [2.24, 2.45) is 0 Å². The molecular weight excluding hydrogens is 1360 g/mol. The summed E-state index contributed by atoms with van der Waals surface area (Å²) >= 11 is 0. The maximum atomic E-state index is 11.1. The van der Waals surface area contributed by atoms with Gasteiger partial charge in [-0.1, -0.05) is 321 Å². The van der Waals surface area contributed by atoms with Crippen molar-refractivity contribution in [3.63, 3.8) is 0 Å². The standard InChI is InChI=1S/C53H34N2.C40H27N5.C9H7NO.Li/c1-2-16-44(17-3-1)55-50-21-11-10-20-49(50)54-53(55)38-26-22-37(23-27-38)41-30-31-47-48(34-41)52(43-29-25-36-13-5-7-15-40(36)33-43)46-19-9-8-18-45(46)51(47)42-28-24-35-12-4-6-14-39(35)32-42;1-4-14-27(15-5-1)39-41-36(42-40(43-39)28-16-6-2-7-17-28)26-44-34-22-12-10-20-30(34)32-24-25-33-31-21-11-13-23-35(31)45(38(33)37(32)44)29-18-8-3-9-19-29;11-8-5-1-3-7-4-2-6-10-9(7)8;/h1-34H;1-25H,26H2;1-6,11H;/q;;;+1/p-1. The fraction of sp³-hybridized carbons (Fsp3) is 0.00980. The molecule has 112 heavy (non-hydrogen) atoms. The number of nitrogens with zero attached hydrogens (tertiary/aromatic N) is 8. The Morgan fingerprint density at radius 2 is 0.714 bits per heavy atom. The summed E-state index contributed by atoms with van der Waals surface area (Å²) in [5.74, 6) is 2.97. The van der Waals surface area contributed by atoms with Gasteiger partial charge in [-0.05, 0) is 155 Å². The van der Waals surface area contributed by atoms with E-state index < -0.39 is 0 Å². The van der Waals surface area contributed by atoms with Crippen LogP contribution < -0.4 is 24.0 Å². The van der Waals surface area contributed by atoms with Gasteiger partial charge in [0.15, 0.2) is 17.5 Å². The summed E-state index contributed by atoms with van der Waals surface area (Å²) in [6.45, 7) is 0.488. The van der Waals surface area contributed by atoms with Crippen molar-refractivity contribution in [3.8, 4) is 84.7 Å². The SMILES string of the molecule is [Li+].[O-]c1cccc2cccnc12.c1ccc(-c2nc(Cn3c4ccccc4c4ccc5c6ccccc6n(-c6ccccc6)c5c43)nc(-c3ccccc3)n2)cc1.c1ccc(-n2c(-c3ccc(-c4ccc5c(-c6ccc7ccccc7c6)c6ccccc6c(-c6ccc7ccccc7c6)c5c4)cc3)nc3ccccc32)cc1. The Bertz CT molecular complexity index is 7240. The average molecular weight is 1430 g/mol. The van der Waals surface area contributed by atoms with Crippen LogP contribution in [0.2, 0.25) is 0 Å². The van der Waals surface area contributed by atoms with E-state index in [2.05, 4.69) is 340 Å². The maximum Gasteiger partial charge on any atom is 1.00 e. The van der Waals surface area contributed by atoms with Gasteiger partial charge in [-0.2, -0.15) is 0 Å². The van der Waals surface area contributed by atoms with E-state index in [1.807, 2.05) is 54.6 Å². The number of aromatic nitrogens is 8. The van der Waals surface area contributed by atoms with Crippen molar-refractivity contribution in [2.75, 3.05) is 0 Å². The second-order valence-electron chi connectivity index (χ2n) is 28.0. The van der Waals surface area contributed by atoms with Gasteiger partial charge in [0, 0.05) is 61.3 Å². The van der Waals surface area contributed by atoms with Crippen LogP contribution in [0.5, 0.6) is 5.75 Å². The third kappa shape index (κ3) is 12.4. The van der Waals surface area contributed by atoms with E-state index in [9.17, 15) is 5.11 Å². The molecule has 0 N–H and O–H groups in total. The molecule has 0 atom stereocenters. The molecule has 0 aliphatic rings. The summed E-state index contributed by atoms with van der Waals surface area (Å²) in [4.78, 5) is 24.2. The summed E-state index contributed by atoms with van der Waals surface area (Å²) in [6.07, 6.45) is 1.63. The summed E-state index contributed by atoms with van der Waals surface area (Å²) < 4.78 is 7.06. The second kappa shape index (κ2) is 29.3. The van der Waals surface area contributed by atoms with Gasteiger partial charge < -0.3 is 14.2 Å². The van der Waals surface area contributed by atoms with E-state index in [0.717, 1.165) is 66.9 Å². The number of fused-ring (bicyclic) bond motifs is 13. The minimum Gasteiger partial charge on any atom is -0.871 e. The van der Waals surface area contributed by atoms with Crippen molar-refractivity contribution < 1.29 is 24.0 Å². The van der Waals surface area contributed by atoms with E-state index in [1.54, 1.807) is 12.3 Å². The molecule has 17 aromatic carbocycles. The van der Waals surface area contributed by atoms with Crippen LogP contribution in [0.3, 0.4) is 0 Å². The predicted molar refractivity (Wildman–Crippen MR) is 458 cm³/mol. The van der Waals surface area contributed by atoms with E-state index >= 15 is 0 Å². The molecule has 0 unspecified atom stereocenters. The van der Waals surface area contributed by atoms with Crippen LogP contribution >= 0.6 is 0 Å². The molecule has 10 heteroatoms. The Balaban J connectivity index is 0.000000133. The molecule has 0 bridgehead atoms. The van der Waals surface area contributed by atoms with Crippen LogP contribution in [0.15, 0.2) is 394 Å². The Morgan fingerprint density at radius 1 is 0.268 bits per heavy atom. The maximum absolute atomic E-state index is 11.1. The molecule has 22 rings (SSSR count). The Hall–Kier alpha value is -14.3. The smallest absolute Gasteiger partial charge is 0.871 e. The minimum atomic E-state index is -0.0110. The molecule has 9 nitrogen and oxygen atoms in total. The largest absolute Gasteiger partial charge is 1.00 e. The molecular formula is C102H67LiN8O. The molecule has 5 heterocycles. The van der Waals surface area contributed by atoms with Crippen LogP contribution in [-0.4, -0.2) is 38.6 Å². The molecule has 22 aromatic rings. The molecule has 0 radical (unpaired) electrons. The van der Waals surface area contributed by atoms with Crippen molar-refractivity contribution in [1.29, 1.82) is 0 Å². The third-order valence-corrected chi connectivity index (χ3v) is 21.4. The average Bonchev–Trinajstić information content (AvgIpc) is 1.63. The first-order chi connectivity index (χ1) is 55.0. The van der Waals surface area contributed by atoms with Crippen molar-refractivity contribution >= 4 is 109 Å². The molecule has 0 fully saturated rings. The van der Waals surface area contributed by atoms with Gasteiger partial charge in [-0.25, -0.2) is 19.9 Å². The number of pyridine rings is 1. The first-order valence-corrected chi connectivity index (χ1v) is 37.4. The summed E-state index contributed by atoms with van der Waals surface area (Å²) in [6, 6.07) is 137. The fourth-order valence-electron chi connectivity index (χ4n) is 16.3. The zero-order valence-corrected chi connectivity index (χ0v) is 61.2. The zero-order chi connectivity index (χ0) is 73.7. The number of imidazole rings is 1. The van der Waals surface area contributed by atoms with Gasteiger partial charge in [0.05, 0.1) is 39.6 Å². The van der Waals surface area contributed by atoms with Gasteiger partial charge in [-0.15, -0.1) is 0 Å². The summed E-state index contributed by atoms with van der Waals surface area (Å²) in [7, 11) is 0. The van der Waals surface area contributed by atoms with Gasteiger partial charge in [0.2, 0.25) is 0 Å². The van der Waals surface area contributed by atoms with Crippen LogP contribution in [-0.2, 0) is 6.54 Å². The monoisotopic (exact) mass is 1430 g/mol. The van der Waals surface area contributed by atoms with Gasteiger partial charge >= 0.3 is 18.9 Å². The number of hydrogen-bond donors (Lipinski definition) is 0. The third-order valence-electron chi connectivity index (χ3n) is 21.4. The fourth-order valence-corrected chi connectivity index (χ4v) is 16.3. The first kappa shape index (κ1) is 68.2. The molecule has 0 saturated heterocycles. The van der Waals surface area contributed by atoms with Crippen LogP contribution in [0.25, 0.3) is 188 Å². The molecule has 0 saturated carbocycles. The predicted octanol–water partition coefficient (Wildman–Crippen LogP) is 22.1. The van der Waals surface area contributed by atoms with Gasteiger partial charge in [-0.3, -0.25) is 9.55 Å². The van der Waals surface area contributed by atoms with Crippen molar-refractivity contribution in [1.82, 2.24) is 38.6 Å². The van der Waals surface area contributed by atoms with Gasteiger partial charge in [0.1, 0.15) is 5.82 Å². The van der Waals surface area contributed by atoms with Gasteiger partial charge in [0.25, 0.3) is 0 Å². The quantitative estimate of drug-likeness (QED) is 0.0998. The van der Waals surface area contributed by atoms with E-state index in [1.165, 1.54) is 110 Å². The molecule has 0 aliphatic carbocycles. The zero-order valence-electron chi connectivity index (χ0n) is 61.2. The topological polar surface area (TPSA) is 102 Å². The number of hydrogen-bond acceptors (Lipinski definition) is 6. The van der Waals surface area contributed by atoms with Crippen molar-refractivity contribution in [3.05, 3.63) is 400 Å². The first-order valence-electron chi connectivity index (χ1n) is 37.4. The number of rotatable bonds is 10. The Labute approximate surface area is 658 Å². The second-order valence-corrected chi connectivity index (χ2v) is 28.0. The van der Waals surface area contributed by atoms with E-state index in [-0.39, 0.29) is 24.6 Å². The molecule has 0 aliphatic heterocycles. The summed E-state index contributed by atoms with van der Waals surface area (Å²) in [5.41, 5.74) is 19.8. The molecule has 0 amide bonds. The van der Waals surface area contributed by atoms with Crippen molar-refractivity contribution in [2.45, 2.75) is 6.54 Å². The Morgan fingerprint density at radius 3 is 1.33 bits per heavy atom. The van der Waals surface area contributed by atoms with Crippen LogP contribution in [0.4, 0.5) is 0 Å².